The number of amides is 1. The minimum Gasteiger partial charge on any atom is -0.481 e. The Morgan fingerprint density at radius 3 is 2.71 bits per heavy atom. The molecule has 1 aliphatic heterocycles. The molecule has 1 unspecified atom stereocenters. The van der Waals surface area contributed by atoms with Crippen molar-refractivity contribution in [3.8, 4) is 0 Å². The summed E-state index contributed by atoms with van der Waals surface area (Å²) in [5.41, 5.74) is 1.20. The number of nitrogens with zero attached hydrogens (tertiary/aromatic N) is 1. The highest BCUT2D eigenvalue weighted by atomic mass is 16.4. The average molecular weight is 290 g/mol. The Morgan fingerprint density at radius 1 is 1.24 bits per heavy atom. The maximum absolute atomic E-state index is 12.2. The van der Waals surface area contributed by atoms with E-state index in [0.29, 0.717) is 0 Å². The van der Waals surface area contributed by atoms with Crippen molar-refractivity contribution in [2.45, 2.75) is 38.3 Å². The topological polar surface area (TPSA) is 69.6 Å². The minimum absolute atomic E-state index is 0.0306. The number of nitrogens with one attached hydrogen (secondary N) is 1. The smallest absolute Gasteiger partial charge is 0.305 e. The first-order chi connectivity index (χ1) is 10.2. The Morgan fingerprint density at radius 2 is 2.00 bits per heavy atom. The van der Waals surface area contributed by atoms with Gasteiger partial charge < -0.3 is 10.4 Å². The van der Waals surface area contributed by atoms with Crippen LogP contribution in [0, 0.1) is 0 Å². The van der Waals surface area contributed by atoms with Crippen molar-refractivity contribution in [3.63, 3.8) is 0 Å². The van der Waals surface area contributed by atoms with E-state index in [0.717, 1.165) is 32.4 Å². The molecule has 0 radical (unpaired) electrons. The molecule has 2 N–H and O–H groups in total. The molecule has 1 heterocycles. The molecule has 0 bridgehead atoms. The van der Waals surface area contributed by atoms with Crippen LogP contribution >= 0.6 is 0 Å². The van der Waals surface area contributed by atoms with Crippen LogP contribution in [0.15, 0.2) is 30.3 Å². The van der Waals surface area contributed by atoms with Crippen LogP contribution in [0.5, 0.6) is 0 Å². The molecule has 0 spiro atoms. The third kappa shape index (κ3) is 4.86. The zero-order valence-electron chi connectivity index (χ0n) is 12.1. The number of likely N-dealkylation sites (tertiary alicyclic amines) is 1. The number of benzene rings is 1. The normalized spacial score (nSPS) is 19.1. The van der Waals surface area contributed by atoms with E-state index >= 15 is 0 Å². The van der Waals surface area contributed by atoms with Crippen LogP contribution < -0.4 is 5.32 Å². The second-order valence-corrected chi connectivity index (χ2v) is 5.40. The highest BCUT2D eigenvalue weighted by Crippen LogP contribution is 2.19. The minimum atomic E-state index is -0.889. The third-order valence-corrected chi connectivity index (χ3v) is 3.78. The van der Waals surface area contributed by atoms with Crippen LogP contribution in [0.2, 0.25) is 0 Å². The molecule has 0 aromatic heterocycles. The van der Waals surface area contributed by atoms with Crippen molar-refractivity contribution < 1.29 is 14.7 Å². The van der Waals surface area contributed by atoms with Crippen LogP contribution in [0.3, 0.4) is 0 Å². The Hall–Kier alpha value is -1.88. The number of rotatable bonds is 6. The third-order valence-electron chi connectivity index (χ3n) is 3.78. The second kappa shape index (κ2) is 7.78. The number of carboxylic acid groups (broad SMARTS) is 1. The van der Waals surface area contributed by atoms with Gasteiger partial charge in [-0.05, 0) is 24.9 Å². The molecule has 1 fully saturated rings. The predicted molar refractivity (Wildman–Crippen MR) is 79.8 cm³/mol. The van der Waals surface area contributed by atoms with Crippen LogP contribution in [-0.4, -0.2) is 41.0 Å². The lowest BCUT2D eigenvalue weighted by Crippen LogP contribution is -2.49. The summed E-state index contributed by atoms with van der Waals surface area (Å²) in [5.74, 6) is -0.938. The Balaban J connectivity index is 1.91. The van der Waals surface area contributed by atoms with Crippen LogP contribution in [-0.2, 0) is 16.1 Å². The van der Waals surface area contributed by atoms with Crippen molar-refractivity contribution in [1.82, 2.24) is 10.2 Å². The summed E-state index contributed by atoms with van der Waals surface area (Å²) in [5, 5.41) is 11.4. The van der Waals surface area contributed by atoms with Crippen molar-refractivity contribution in [2.75, 3.05) is 13.1 Å². The number of carboxylic acids is 1. The van der Waals surface area contributed by atoms with Gasteiger partial charge in [0.1, 0.15) is 0 Å². The van der Waals surface area contributed by atoms with Gasteiger partial charge in [0, 0.05) is 13.1 Å². The fraction of sp³-hybridized carbons (Fsp3) is 0.500. The van der Waals surface area contributed by atoms with Gasteiger partial charge in [-0.1, -0.05) is 36.8 Å². The standard InChI is InChI=1S/C16H22N2O3/c19-15(20)9-10-17-16(21)14-8-4-5-11-18(14)12-13-6-2-1-3-7-13/h1-3,6-7,14H,4-5,8-12H2,(H,17,21)(H,19,20). The summed E-state index contributed by atoms with van der Waals surface area (Å²) in [7, 11) is 0. The first-order valence-electron chi connectivity index (χ1n) is 7.44. The van der Waals surface area contributed by atoms with Gasteiger partial charge in [0.2, 0.25) is 5.91 Å². The molecule has 1 aliphatic rings. The lowest BCUT2D eigenvalue weighted by molar-refractivity contribution is -0.137. The van der Waals surface area contributed by atoms with E-state index in [1.807, 2.05) is 18.2 Å². The SMILES string of the molecule is O=C(O)CCNC(=O)C1CCCCN1Cc1ccccc1. The van der Waals surface area contributed by atoms with Gasteiger partial charge in [-0.15, -0.1) is 0 Å². The number of aliphatic carboxylic acids is 1. The van der Waals surface area contributed by atoms with Gasteiger partial charge in [-0.3, -0.25) is 14.5 Å². The number of carbonyl (C=O) groups excluding carboxylic acids is 1. The van der Waals surface area contributed by atoms with Gasteiger partial charge in [-0.25, -0.2) is 0 Å². The van der Waals surface area contributed by atoms with Crippen molar-refractivity contribution in [3.05, 3.63) is 35.9 Å². The largest absolute Gasteiger partial charge is 0.481 e. The first kappa shape index (κ1) is 15.5. The van der Waals surface area contributed by atoms with E-state index in [-0.39, 0.29) is 24.9 Å². The molecule has 1 aromatic carbocycles. The molecule has 1 atom stereocenters. The number of carbonyl (C=O) groups is 2. The fourth-order valence-electron chi connectivity index (χ4n) is 2.71. The zero-order chi connectivity index (χ0) is 15.1. The van der Waals surface area contributed by atoms with Crippen molar-refractivity contribution in [2.24, 2.45) is 0 Å². The van der Waals surface area contributed by atoms with E-state index in [4.69, 9.17) is 5.11 Å². The average Bonchev–Trinajstić information content (AvgIpc) is 2.48. The van der Waals surface area contributed by atoms with E-state index in [2.05, 4.69) is 22.3 Å². The highest BCUT2D eigenvalue weighted by molar-refractivity contribution is 5.82. The van der Waals surface area contributed by atoms with E-state index in [1.54, 1.807) is 0 Å². The number of hydrogen-bond acceptors (Lipinski definition) is 3. The molecule has 114 valence electrons. The predicted octanol–water partition coefficient (Wildman–Crippen LogP) is 1.63. The maximum Gasteiger partial charge on any atom is 0.305 e. The number of hydrogen-bond donors (Lipinski definition) is 2. The van der Waals surface area contributed by atoms with Crippen LogP contribution in [0.25, 0.3) is 0 Å². The summed E-state index contributed by atoms with van der Waals surface area (Å²) in [4.78, 5) is 24.9. The van der Waals surface area contributed by atoms with E-state index in [1.165, 1.54) is 5.56 Å². The van der Waals surface area contributed by atoms with E-state index in [9.17, 15) is 9.59 Å². The molecule has 0 saturated carbocycles. The lowest BCUT2D eigenvalue weighted by atomic mass is 10.0. The zero-order valence-corrected chi connectivity index (χ0v) is 12.1. The number of piperidine rings is 1. The Bertz CT molecular complexity index is 476. The van der Waals surface area contributed by atoms with Gasteiger partial charge in [-0.2, -0.15) is 0 Å². The molecule has 5 heteroatoms. The quantitative estimate of drug-likeness (QED) is 0.835. The summed E-state index contributed by atoms with van der Waals surface area (Å²) in [6.45, 7) is 1.87. The van der Waals surface area contributed by atoms with Gasteiger partial charge in [0.25, 0.3) is 0 Å². The highest BCUT2D eigenvalue weighted by Gasteiger charge is 2.28. The molecular weight excluding hydrogens is 268 g/mol. The maximum atomic E-state index is 12.2. The fourth-order valence-corrected chi connectivity index (χ4v) is 2.71. The first-order valence-corrected chi connectivity index (χ1v) is 7.44. The Labute approximate surface area is 125 Å². The Kier molecular flexibility index (Phi) is 5.75. The van der Waals surface area contributed by atoms with Crippen LogP contribution in [0.4, 0.5) is 0 Å². The molecule has 1 amide bonds. The molecule has 5 nitrogen and oxygen atoms in total. The molecule has 1 saturated heterocycles. The van der Waals surface area contributed by atoms with Gasteiger partial charge in [0.05, 0.1) is 12.5 Å². The molecule has 2 rings (SSSR count). The van der Waals surface area contributed by atoms with Gasteiger partial charge >= 0.3 is 5.97 Å². The second-order valence-electron chi connectivity index (χ2n) is 5.40. The van der Waals surface area contributed by atoms with Crippen molar-refractivity contribution in [1.29, 1.82) is 0 Å². The molecular formula is C16H22N2O3. The summed E-state index contributed by atoms with van der Waals surface area (Å²) in [6, 6.07) is 9.97. The summed E-state index contributed by atoms with van der Waals surface area (Å²) in [6.07, 6.45) is 2.96. The van der Waals surface area contributed by atoms with Crippen LogP contribution in [0.1, 0.15) is 31.2 Å². The molecule has 21 heavy (non-hydrogen) atoms. The molecule has 0 aliphatic carbocycles. The summed E-state index contributed by atoms with van der Waals surface area (Å²) < 4.78 is 0. The summed E-state index contributed by atoms with van der Waals surface area (Å²) >= 11 is 0. The lowest BCUT2D eigenvalue weighted by Gasteiger charge is -2.34. The van der Waals surface area contributed by atoms with Gasteiger partial charge in [0.15, 0.2) is 0 Å². The van der Waals surface area contributed by atoms with E-state index < -0.39 is 5.97 Å². The molecule has 1 aromatic rings. The monoisotopic (exact) mass is 290 g/mol. The van der Waals surface area contributed by atoms with Crippen molar-refractivity contribution >= 4 is 11.9 Å².